The molecule has 0 radical (unpaired) electrons. The predicted octanol–water partition coefficient (Wildman–Crippen LogP) is 1.99. The molecule has 0 spiro atoms. The lowest BCUT2D eigenvalue weighted by atomic mass is 10.1. The van der Waals surface area contributed by atoms with Crippen LogP contribution in [0.2, 0.25) is 0 Å². The average Bonchev–Trinajstić information content (AvgIpc) is 2.29. The molecule has 0 saturated heterocycles. The van der Waals surface area contributed by atoms with Crippen molar-refractivity contribution in [3.8, 4) is 5.75 Å². The van der Waals surface area contributed by atoms with Crippen LogP contribution in [0.5, 0.6) is 5.75 Å². The predicted molar refractivity (Wildman–Crippen MR) is 61.3 cm³/mol. The third-order valence-electron chi connectivity index (χ3n) is 2.24. The standard InChI is InChI=1S/C12H19NO2/c1-4-15-12(9-13-2)10-7-5-6-8-11(10)14-3/h5-8,12-13H,4,9H2,1-3H3. The van der Waals surface area contributed by atoms with Crippen molar-refractivity contribution < 1.29 is 9.47 Å². The Morgan fingerprint density at radius 3 is 2.67 bits per heavy atom. The quantitative estimate of drug-likeness (QED) is 0.777. The fraction of sp³-hybridized carbons (Fsp3) is 0.500. The minimum absolute atomic E-state index is 0.0520. The van der Waals surface area contributed by atoms with E-state index in [0.29, 0.717) is 6.61 Å². The summed E-state index contributed by atoms with van der Waals surface area (Å²) in [5, 5.41) is 3.12. The van der Waals surface area contributed by atoms with Crippen LogP contribution < -0.4 is 10.1 Å². The second-order valence-corrected chi connectivity index (χ2v) is 3.24. The zero-order valence-electron chi connectivity index (χ0n) is 9.62. The molecule has 1 N–H and O–H groups in total. The lowest BCUT2D eigenvalue weighted by Crippen LogP contribution is -2.20. The number of rotatable bonds is 6. The van der Waals surface area contributed by atoms with Gasteiger partial charge in [-0.3, -0.25) is 0 Å². The fourth-order valence-electron chi connectivity index (χ4n) is 1.58. The van der Waals surface area contributed by atoms with E-state index in [9.17, 15) is 0 Å². The van der Waals surface area contributed by atoms with Crippen molar-refractivity contribution in [3.05, 3.63) is 29.8 Å². The van der Waals surface area contributed by atoms with Gasteiger partial charge in [0, 0.05) is 18.7 Å². The van der Waals surface area contributed by atoms with E-state index in [2.05, 4.69) is 5.32 Å². The maximum atomic E-state index is 5.67. The van der Waals surface area contributed by atoms with Gasteiger partial charge >= 0.3 is 0 Å². The number of ether oxygens (including phenoxy) is 2. The number of hydrogen-bond acceptors (Lipinski definition) is 3. The molecule has 0 aromatic heterocycles. The smallest absolute Gasteiger partial charge is 0.124 e. The third kappa shape index (κ3) is 3.22. The molecule has 3 heteroatoms. The lowest BCUT2D eigenvalue weighted by Gasteiger charge is -2.19. The molecule has 0 amide bonds. The van der Waals surface area contributed by atoms with Crippen LogP contribution in [-0.4, -0.2) is 27.3 Å². The van der Waals surface area contributed by atoms with E-state index in [1.54, 1.807) is 7.11 Å². The molecular weight excluding hydrogens is 190 g/mol. The van der Waals surface area contributed by atoms with E-state index >= 15 is 0 Å². The first kappa shape index (κ1) is 12.0. The summed E-state index contributed by atoms with van der Waals surface area (Å²) in [6, 6.07) is 7.96. The number of para-hydroxylation sites is 1. The van der Waals surface area contributed by atoms with Crippen LogP contribution in [0.1, 0.15) is 18.6 Å². The van der Waals surface area contributed by atoms with E-state index < -0.39 is 0 Å². The van der Waals surface area contributed by atoms with Crippen molar-refractivity contribution in [2.45, 2.75) is 13.0 Å². The fourth-order valence-corrected chi connectivity index (χ4v) is 1.58. The van der Waals surface area contributed by atoms with Crippen molar-refractivity contribution in [1.82, 2.24) is 5.32 Å². The topological polar surface area (TPSA) is 30.5 Å². The first-order valence-corrected chi connectivity index (χ1v) is 5.22. The summed E-state index contributed by atoms with van der Waals surface area (Å²) in [6.45, 7) is 3.48. The van der Waals surface area contributed by atoms with E-state index in [0.717, 1.165) is 17.9 Å². The minimum atomic E-state index is 0.0520. The van der Waals surface area contributed by atoms with Gasteiger partial charge in [0.1, 0.15) is 5.75 Å². The van der Waals surface area contributed by atoms with Gasteiger partial charge in [0.15, 0.2) is 0 Å². The Morgan fingerprint density at radius 2 is 2.07 bits per heavy atom. The van der Waals surface area contributed by atoms with Gasteiger partial charge < -0.3 is 14.8 Å². The maximum Gasteiger partial charge on any atom is 0.124 e. The largest absolute Gasteiger partial charge is 0.496 e. The van der Waals surface area contributed by atoms with Gasteiger partial charge in [0.25, 0.3) is 0 Å². The van der Waals surface area contributed by atoms with Crippen LogP contribution in [-0.2, 0) is 4.74 Å². The van der Waals surface area contributed by atoms with Gasteiger partial charge in [-0.15, -0.1) is 0 Å². The van der Waals surface area contributed by atoms with E-state index in [-0.39, 0.29) is 6.10 Å². The molecule has 84 valence electrons. The molecule has 1 aromatic carbocycles. The van der Waals surface area contributed by atoms with Crippen molar-refractivity contribution in [3.63, 3.8) is 0 Å². The highest BCUT2D eigenvalue weighted by molar-refractivity contribution is 5.35. The van der Waals surface area contributed by atoms with Crippen LogP contribution in [0.3, 0.4) is 0 Å². The van der Waals surface area contributed by atoms with Crippen LogP contribution in [0.25, 0.3) is 0 Å². The van der Waals surface area contributed by atoms with E-state index in [1.807, 2.05) is 38.2 Å². The van der Waals surface area contributed by atoms with Gasteiger partial charge in [0.2, 0.25) is 0 Å². The average molecular weight is 209 g/mol. The number of hydrogen-bond donors (Lipinski definition) is 1. The first-order valence-electron chi connectivity index (χ1n) is 5.22. The number of methoxy groups -OCH3 is 1. The van der Waals surface area contributed by atoms with Gasteiger partial charge in [-0.1, -0.05) is 18.2 Å². The Balaban J connectivity index is 2.88. The lowest BCUT2D eigenvalue weighted by molar-refractivity contribution is 0.0620. The first-order chi connectivity index (χ1) is 7.33. The van der Waals surface area contributed by atoms with Gasteiger partial charge in [-0.25, -0.2) is 0 Å². The zero-order valence-corrected chi connectivity index (χ0v) is 9.62. The Hall–Kier alpha value is -1.06. The molecule has 0 aliphatic heterocycles. The molecule has 1 unspecified atom stereocenters. The summed E-state index contributed by atoms with van der Waals surface area (Å²) in [5.74, 6) is 0.881. The Kier molecular flexibility index (Phi) is 5.15. The van der Waals surface area contributed by atoms with Crippen LogP contribution in [0, 0.1) is 0 Å². The molecule has 1 aromatic rings. The molecule has 1 rings (SSSR count). The highest BCUT2D eigenvalue weighted by Gasteiger charge is 2.14. The molecule has 3 nitrogen and oxygen atoms in total. The van der Waals surface area contributed by atoms with Crippen LogP contribution >= 0.6 is 0 Å². The molecule has 15 heavy (non-hydrogen) atoms. The van der Waals surface area contributed by atoms with E-state index in [4.69, 9.17) is 9.47 Å². The summed E-state index contributed by atoms with van der Waals surface area (Å²) in [6.07, 6.45) is 0.0520. The van der Waals surface area contributed by atoms with Gasteiger partial charge in [-0.2, -0.15) is 0 Å². The Morgan fingerprint density at radius 1 is 1.33 bits per heavy atom. The summed E-state index contributed by atoms with van der Waals surface area (Å²) in [7, 11) is 3.60. The monoisotopic (exact) mass is 209 g/mol. The van der Waals surface area contributed by atoms with Crippen molar-refractivity contribution in [2.24, 2.45) is 0 Å². The molecule has 0 aliphatic carbocycles. The second-order valence-electron chi connectivity index (χ2n) is 3.24. The molecular formula is C12H19NO2. The minimum Gasteiger partial charge on any atom is -0.496 e. The number of benzene rings is 1. The molecule has 0 fully saturated rings. The summed E-state index contributed by atoms with van der Waals surface area (Å²) in [5.41, 5.74) is 1.09. The summed E-state index contributed by atoms with van der Waals surface area (Å²) < 4.78 is 11.0. The van der Waals surface area contributed by atoms with E-state index in [1.165, 1.54) is 0 Å². The molecule has 0 bridgehead atoms. The molecule has 1 atom stereocenters. The number of nitrogens with one attached hydrogen (secondary N) is 1. The Labute approximate surface area is 91.4 Å². The maximum absolute atomic E-state index is 5.67. The highest BCUT2D eigenvalue weighted by Crippen LogP contribution is 2.26. The third-order valence-corrected chi connectivity index (χ3v) is 2.24. The molecule has 0 saturated carbocycles. The summed E-state index contributed by atoms with van der Waals surface area (Å²) in [4.78, 5) is 0. The molecule has 0 heterocycles. The van der Waals surface area contributed by atoms with Gasteiger partial charge in [0.05, 0.1) is 13.2 Å². The zero-order chi connectivity index (χ0) is 11.1. The number of likely N-dealkylation sites (N-methyl/N-ethyl adjacent to an activating group) is 1. The second kappa shape index (κ2) is 6.43. The van der Waals surface area contributed by atoms with Crippen molar-refractivity contribution in [2.75, 3.05) is 27.3 Å². The van der Waals surface area contributed by atoms with Crippen LogP contribution in [0.4, 0.5) is 0 Å². The Bertz CT molecular complexity index is 283. The highest BCUT2D eigenvalue weighted by atomic mass is 16.5. The van der Waals surface area contributed by atoms with Gasteiger partial charge in [-0.05, 0) is 20.0 Å². The normalized spacial score (nSPS) is 12.5. The summed E-state index contributed by atoms with van der Waals surface area (Å²) >= 11 is 0. The SMILES string of the molecule is CCOC(CNC)c1ccccc1OC. The van der Waals surface area contributed by atoms with Crippen molar-refractivity contribution >= 4 is 0 Å². The van der Waals surface area contributed by atoms with Crippen molar-refractivity contribution in [1.29, 1.82) is 0 Å². The molecule has 0 aliphatic rings. The van der Waals surface area contributed by atoms with Crippen LogP contribution in [0.15, 0.2) is 24.3 Å².